The third-order valence-corrected chi connectivity index (χ3v) is 5.56. The van der Waals surface area contributed by atoms with Gasteiger partial charge in [-0.15, -0.1) is 24.5 Å². The van der Waals surface area contributed by atoms with E-state index in [9.17, 15) is 22.8 Å². The van der Waals surface area contributed by atoms with E-state index < -0.39 is 12.3 Å². The van der Waals surface area contributed by atoms with Crippen LogP contribution in [0.1, 0.15) is 33.0 Å². The first kappa shape index (κ1) is 18.5. The second-order valence-electron chi connectivity index (χ2n) is 6.33. The summed E-state index contributed by atoms with van der Waals surface area (Å²) < 4.78 is 40.8. The fourth-order valence-corrected chi connectivity index (χ4v) is 4.49. The van der Waals surface area contributed by atoms with Crippen LogP contribution in [0.4, 0.5) is 13.2 Å². The molecule has 0 radical (unpaired) electrons. The van der Waals surface area contributed by atoms with Crippen LogP contribution in [-0.2, 0) is 19.4 Å². The second kappa shape index (κ2) is 6.93. The standard InChI is InChI=1S/C18H14F3N3O3S/c19-18(20,21)27-10-4-1-3-9(7-10)8-22-16(26)14-23-15(25)13-11-5-2-6-12(11)28-17(13)24-14/h1,3-4,7H,2,5-6,8H2,(H,22,26)(H,23,24,25). The predicted molar refractivity (Wildman–Crippen MR) is 96.6 cm³/mol. The molecule has 4 rings (SSSR count). The fourth-order valence-electron chi connectivity index (χ4n) is 3.23. The van der Waals surface area contributed by atoms with E-state index in [-0.39, 0.29) is 23.7 Å². The number of aromatic amines is 1. The molecule has 28 heavy (non-hydrogen) atoms. The first-order valence-corrected chi connectivity index (χ1v) is 9.29. The highest BCUT2D eigenvalue weighted by Gasteiger charge is 2.31. The molecule has 1 amide bonds. The summed E-state index contributed by atoms with van der Waals surface area (Å²) in [5.74, 6) is -1.12. The maximum Gasteiger partial charge on any atom is 0.573 e. The molecule has 2 aromatic heterocycles. The Morgan fingerprint density at radius 3 is 2.93 bits per heavy atom. The molecule has 0 saturated heterocycles. The third kappa shape index (κ3) is 3.72. The number of amides is 1. The summed E-state index contributed by atoms with van der Waals surface area (Å²) in [5.41, 5.74) is 1.07. The Bertz CT molecular complexity index is 1120. The van der Waals surface area contributed by atoms with Gasteiger partial charge in [-0.25, -0.2) is 4.98 Å². The average Bonchev–Trinajstić information content (AvgIpc) is 3.19. The van der Waals surface area contributed by atoms with Gasteiger partial charge in [0.05, 0.1) is 5.39 Å². The van der Waals surface area contributed by atoms with Gasteiger partial charge in [-0.2, -0.15) is 0 Å². The zero-order valence-corrected chi connectivity index (χ0v) is 15.2. The normalized spacial score (nSPS) is 13.5. The molecular weight excluding hydrogens is 395 g/mol. The van der Waals surface area contributed by atoms with Gasteiger partial charge in [0.1, 0.15) is 10.6 Å². The summed E-state index contributed by atoms with van der Waals surface area (Å²) >= 11 is 1.42. The summed E-state index contributed by atoms with van der Waals surface area (Å²) in [6.45, 7) is -0.0451. The van der Waals surface area contributed by atoms with Gasteiger partial charge < -0.3 is 15.0 Å². The van der Waals surface area contributed by atoms with Crippen LogP contribution < -0.4 is 15.6 Å². The van der Waals surface area contributed by atoms with Crippen molar-refractivity contribution in [3.8, 4) is 5.75 Å². The molecule has 0 saturated carbocycles. The van der Waals surface area contributed by atoms with Crippen molar-refractivity contribution in [1.29, 1.82) is 0 Å². The molecule has 2 heterocycles. The molecule has 0 bridgehead atoms. The van der Waals surface area contributed by atoms with E-state index in [4.69, 9.17) is 0 Å². The van der Waals surface area contributed by atoms with Gasteiger partial charge >= 0.3 is 6.36 Å². The number of H-pyrrole nitrogens is 1. The lowest BCUT2D eigenvalue weighted by atomic mass is 10.2. The minimum atomic E-state index is -4.79. The molecule has 146 valence electrons. The Balaban J connectivity index is 1.50. The molecule has 3 aromatic rings. The first-order chi connectivity index (χ1) is 13.3. The molecule has 0 unspecified atom stereocenters. The lowest BCUT2D eigenvalue weighted by Gasteiger charge is -2.10. The summed E-state index contributed by atoms with van der Waals surface area (Å²) in [6.07, 6.45) is -2.03. The van der Waals surface area contributed by atoms with Gasteiger partial charge in [0, 0.05) is 11.4 Å². The lowest BCUT2D eigenvalue weighted by molar-refractivity contribution is -0.274. The van der Waals surface area contributed by atoms with Gasteiger partial charge in [0.15, 0.2) is 0 Å². The molecule has 1 aromatic carbocycles. The lowest BCUT2D eigenvalue weighted by Crippen LogP contribution is -2.27. The number of alkyl halides is 3. The first-order valence-electron chi connectivity index (χ1n) is 8.47. The van der Waals surface area contributed by atoms with E-state index in [1.165, 1.54) is 29.5 Å². The molecule has 1 aliphatic rings. The maximum atomic E-state index is 12.4. The van der Waals surface area contributed by atoms with Crippen LogP contribution in [0, 0.1) is 0 Å². The topological polar surface area (TPSA) is 84.1 Å². The molecule has 1 aliphatic carbocycles. The number of hydrogen-bond acceptors (Lipinski definition) is 5. The molecule has 0 aliphatic heterocycles. The van der Waals surface area contributed by atoms with Crippen molar-refractivity contribution in [3.63, 3.8) is 0 Å². The van der Waals surface area contributed by atoms with E-state index in [2.05, 4.69) is 20.0 Å². The number of nitrogens with one attached hydrogen (secondary N) is 2. The SMILES string of the molecule is O=C(NCc1cccc(OC(F)(F)F)c1)c1nc2sc3c(c2c(=O)[nH]1)CCC3. The van der Waals surface area contributed by atoms with E-state index in [1.807, 2.05) is 0 Å². The summed E-state index contributed by atoms with van der Waals surface area (Å²) in [7, 11) is 0. The van der Waals surface area contributed by atoms with Crippen LogP contribution in [0.5, 0.6) is 5.75 Å². The number of halogens is 3. The Morgan fingerprint density at radius 2 is 2.14 bits per heavy atom. The quantitative estimate of drug-likeness (QED) is 0.693. The fraction of sp³-hybridized carbons (Fsp3) is 0.278. The Morgan fingerprint density at radius 1 is 1.32 bits per heavy atom. The number of nitrogens with zero attached hydrogens (tertiary/aromatic N) is 1. The van der Waals surface area contributed by atoms with Gasteiger partial charge in [0.2, 0.25) is 5.82 Å². The van der Waals surface area contributed by atoms with Crippen LogP contribution in [-0.4, -0.2) is 22.2 Å². The van der Waals surface area contributed by atoms with E-state index in [0.29, 0.717) is 15.8 Å². The van der Waals surface area contributed by atoms with Crippen molar-refractivity contribution in [2.75, 3.05) is 0 Å². The number of rotatable bonds is 4. The van der Waals surface area contributed by atoms with E-state index >= 15 is 0 Å². The number of aryl methyl sites for hydroxylation is 2. The van der Waals surface area contributed by atoms with Gasteiger partial charge in [-0.05, 0) is 42.5 Å². The van der Waals surface area contributed by atoms with Crippen LogP contribution in [0.3, 0.4) is 0 Å². The van der Waals surface area contributed by atoms with Crippen molar-refractivity contribution < 1.29 is 22.7 Å². The molecule has 2 N–H and O–H groups in total. The van der Waals surface area contributed by atoms with Crippen molar-refractivity contribution in [2.45, 2.75) is 32.2 Å². The molecular formula is C18H14F3N3O3S. The highest BCUT2D eigenvalue weighted by molar-refractivity contribution is 7.18. The number of ether oxygens (including phenoxy) is 1. The Labute approximate surface area is 160 Å². The monoisotopic (exact) mass is 409 g/mol. The van der Waals surface area contributed by atoms with Crippen molar-refractivity contribution in [3.05, 3.63) is 56.4 Å². The van der Waals surface area contributed by atoms with Crippen molar-refractivity contribution in [2.24, 2.45) is 0 Å². The van der Waals surface area contributed by atoms with Gasteiger partial charge in [0.25, 0.3) is 11.5 Å². The number of benzene rings is 1. The van der Waals surface area contributed by atoms with Gasteiger partial charge in [-0.3, -0.25) is 9.59 Å². The van der Waals surface area contributed by atoms with Crippen molar-refractivity contribution >= 4 is 27.5 Å². The zero-order chi connectivity index (χ0) is 19.9. The van der Waals surface area contributed by atoms with Crippen molar-refractivity contribution in [1.82, 2.24) is 15.3 Å². The minimum absolute atomic E-state index is 0.0451. The van der Waals surface area contributed by atoms with Crippen LogP contribution in [0.2, 0.25) is 0 Å². The zero-order valence-electron chi connectivity index (χ0n) is 14.4. The number of aromatic nitrogens is 2. The Kier molecular flexibility index (Phi) is 4.58. The Hall–Kier alpha value is -2.88. The second-order valence-corrected chi connectivity index (χ2v) is 7.41. The summed E-state index contributed by atoms with van der Waals surface area (Å²) in [6, 6.07) is 5.29. The molecule has 0 atom stereocenters. The minimum Gasteiger partial charge on any atom is -0.406 e. The number of carbonyl (C=O) groups excluding carboxylic acids is 1. The highest BCUT2D eigenvalue weighted by atomic mass is 32.1. The number of fused-ring (bicyclic) bond motifs is 3. The molecule has 0 spiro atoms. The highest BCUT2D eigenvalue weighted by Crippen LogP contribution is 2.34. The summed E-state index contributed by atoms with van der Waals surface area (Å²) in [4.78, 5) is 33.1. The van der Waals surface area contributed by atoms with E-state index in [1.54, 1.807) is 6.07 Å². The molecule has 10 heteroatoms. The van der Waals surface area contributed by atoms with Crippen LogP contribution >= 0.6 is 11.3 Å². The van der Waals surface area contributed by atoms with Crippen LogP contribution in [0.25, 0.3) is 10.2 Å². The third-order valence-electron chi connectivity index (χ3n) is 4.38. The maximum absolute atomic E-state index is 12.4. The summed E-state index contributed by atoms with van der Waals surface area (Å²) in [5, 5.41) is 3.09. The predicted octanol–water partition coefficient (Wildman–Crippen LogP) is 3.30. The molecule has 0 fully saturated rings. The number of carbonyl (C=O) groups is 1. The van der Waals surface area contributed by atoms with E-state index in [0.717, 1.165) is 29.7 Å². The average molecular weight is 409 g/mol. The molecule has 6 nitrogen and oxygen atoms in total. The number of thiophene rings is 1. The smallest absolute Gasteiger partial charge is 0.406 e. The van der Waals surface area contributed by atoms with Crippen LogP contribution in [0.15, 0.2) is 29.1 Å². The largest absolute Gasteiger partial charge is 0.573 e. The number of hydrogen-bond donors (Lipinski definition) is 2. The van der Waals surface area contributed by atoms with Gasteiger partial charge in [-0.1, -0.05) is 12.1 Å².